The van der Waals surface area contributed by atoms with Gasteiger partial charge in [0.25, 0.3) is 0 Å². The average molecular weight is 299 g/mol. The van der Waals surface area contributed by atoms with Gasteiger partial charge in [0, 0.05) is 17.1 Å². The van der Waals surface area contributed by atoms with Crippen molar-refractivity contribution in [2.75, 3.05) is 6.54 Å². The van der Waals surface area contributed by atoms with E-state index in [0.717, 1.165) is 10.0 Å². The van der Waals surface area contributed by atoms with Crippen molar-refractivity contribution in [2.24, 2.45) is 0 Å². The number of rotatable bonds is 5. The second kappa shape index (κ2) is 6.77. The van der Waals surface area contributed by atoms with Gasteiger partial charge in [-0.15, -0.1) is 0 Å². The first-order valence-corrected chi connectivity index (χ1v) is 6.63. The highest BCUT2D eigenvalue weighted by Gasteiger charge is 2.16. The first-order chi connectivity index (χ1) is 8.06. The Labute approximate surface area is 111 Å². The minimum absolute atomic E-state index is 0.0337. The molecule has 0 aliphatic heterocycles. The van der Waals surface area contributed by atoms with Crippen LogP contribution in [0.4, 0.5) is 0 Å². The van der Waals surface area contributed by atoms with Gasteiger partial charge in [-0.3, -0.25) is 10.1 Å². The first-order valence-electron chi connectivity index (χ1n) is 5.84. The van der Waals surface area contributed by atoms with Crippen molar-refractivity contribution in [3.63, 3.8) is 0 Å². The van der Waals surface area contributed by atoms with Gasteiger partial charge in [-0.1, -0.05) is 34.1 Å². The minimum atomic E-state index is -0.197. The topological polar surface area (TPSA) is 41.1 Å². The molecule has 1 amide bonds. The smallest absolute Gasteiger partial charge is 0.236 e. The Morgan fingerprint density at radius 2 is 2.00 bits per heavy atom. The molecule has 1 aromatic carbocycles. The molecule has 1 aromatic rings. The van der Waals surface area contributed by atoms with E-state index in [1.807, 2.05) is 38.1 Å². The fraction of sp³-hybridized carbons (Fsp3) is 0.462. The lowest BCUT2D eigenvalue weighted by Crippen LogP contribution is -2.43. The number of benzene rings is 1. The quantitative estimate of drug-likeness (QED) is 0.877. The lowest BCUT2D eigenvalue weighted by molar-refractivity contribution is -0.122. The zero-order chi connectivity index (χ0) is 12.8. The van der Waals surface area contributed by atoms with Gasteiger partial charge < -0.3 is 5.32 Å². The summed E-state index contributed by atoms with van der Waals surface area (Å²) < 4.78 is 1.06. The van der Waals surface area contributed by atoms with Gasteiger partial charge in [-0.2, -0.15) is 0 Å². The molecule has 0 saturated carbocycles. The zero-order valence-electron chi connectivity index (χ0n) is 10.5. The van der Waals surface area contributed by atoms with Gasteiger partial charge in [0.1, 0.15) is 0 Å². The first kappa shape index (κ1) is 14.2. The van der Waals surface area contributed by atoms with Crippen LogP contribution in [0.1, 0.15) is 32.4 Å². The van der Waals surface area contributed by atoms with Crippen molar-refractivity contribution in [3.8, 4) is 0 Å². The Morgan fingerprint density at radius 3 is 2.59 bits per heavy atom. The van der Waals surface area contributed by atoms with E-state index in [1.165, 1.54) is 0 Å². The normalized spacial score (nSPS) is 14.1. The lowest BCUT2D eigenvalue weighted by Gasteiger charge is -2.20. The van der Waals surface area contributed by atoms with Gasteiger partial charge >= 0.3 is 0 Å². The van der Waals surface area contributed by atoms with Crippen molar-refractivity contribution in [3.05, 3.63) is 34.3 Å². The highest BCUT2D eigenvalue weighted by Crippen LogP contribution is 2.22. The Hall–Kier alpha value is -0.870. The Morgan fingerprint density at radius 1 is 1.35 bits per heavy atom. The van der Waals surface area contributed by atoms with E-state index >= 15 is 0 Å². The van der Waals surface area contributed by atoms with Crippen molar-refractivity contribution in [1.29, 1.82) is 0 Å². The van der Waals surface area contributed by atoms with Gasteiger partial charge in [0.15, 0.2) is 0 Å². The predicted octanol–water partition coefficient (Wildman–Crippen LogP) is 2.62. The number of hydrogen-bond acceptors (Lipinski definition) is 2. The summed E-state index contributed by atoms with van der Waals surface area (Å²) in [6.07, 6.45) is 0. The fourth-order valence-electron chi connectivity index (χ4n) is 1.69. The Balaban J connectivity index is 2.63. The van der Waals surface area contributed by atoms with E-state index < -0.39 is 0 Å². The van der Waals surface area contributed by atoms with E-state index in [0.29, 0.717) is 6.54 Å². The predicted molar refractivity (Wildman–Crippen MR) is 73.8 cm³/mol. The van der Waals surface area contributed by atoms with Crippen molar-refractivity contribution < 1.29 is 4.79 Å². The summed E-state index contributed by atoms with van der Waals surface area (Å²) in [4.78, 5) is 11.6. The molecule has 17 heavy (non-hydrogen) atoms. The molecule has 4 heteroatoms. The maximum Gasteiger partial charge on any atom is 0.236 e. The van der Waals surface area contributed by atoms with E-state index in [-0.39, 0.29) is 18.0 Å². The van der Waals surface area contributed by atoms with Gasteiger partial charge in [-0.25, -0.2) is 0 Å². The second-order valence-electron chi connectivity index (χ2n) is 4.03. The van der Waals surface area contributed by atoms with Crippen LogP contribution in [-0.2, 0) is 4.79 Å². The van der Waals surface area contributed by atoms with Gasteiger partial charge in [0.05, 0.1) is 6.04 Å². The monoisotopic (exact) mass is 298 g/mol. The molecule has 0 fully saturated rings. The molecule has 2 unspecified atom stereocenters. The van der Waals surface area contributed by atoms with Crippen LogP contribution in [-0.4, -0.2) is 18.5 Å². The summed E-state index contributed by atoms with van der Waals surface area (Å²) in [6, 6.07) is 7.96. The van der Waals surface area contributed by atoms with E-state index in [4.69, 9.17) is 0 Å². The van der Waals surface area contributed by atoms with E-state index in [9.17, 15) is 4.79 Å². The Kier molecular flexibility index (Phi) is 5.65. The summed E-state index contributed by atoms with van der Waals surface area (Å²) in [5, 5.41) is 6.08. The summed E-state index contributed by atoms with van der Waals surface area (Å²) >= 11 is 3.51. The molecule has 0 heterocycles. The molecule has 0 aliphatic carbocycles. The van der Waals surface area contributed by atoms with Crippen LogP contribution in [0.25, 0.3) is 0 Å². The highest BCUT2D eigenvalue weighted by molar-refractivity contribution is 9.10. The van der Waals surface area contributed by atoms with Gasteiger partial charge in [-0.05, 0) is 32.4 Å². The number of carbonyl (C=O) groups excluding carboxylic acids is 1. The van der Waals surface area contributed by atoms with Crippen molar-refractivity contribution in [2.45, 2.75) is 32.9 Å². The maximum absolute atomic E-state index is 11.6. The van der Waals surface area contributed by atoms with E-state index in [1.54, 1.807) is 0 Å². The summed E-state index contributed by atoms with van der Waals surface area (Å²) in [7, 11) is 0. The lowest BCUT2D eigenvalue weighted by atomic mass is 10.1. The molecule has 0 aromatic heterocycles. The highest BCUT2D eigenvalue weighted by atomic mass is 79.9. The number of hydrogen-bond donors (Lipinski definition) is 2. The minimum Gasteiger partial charge on any atom is -0.355 e. The number of likely N-dealkylation sites (N-methyl/N-ethyl adjacent to an activating group) is 1. The molecular formula is C13H19BrN2O. The summed E-state index contributed by atoms with van der Waals surface area (Å²) in [6.45, 7) is 6.50. The number of nitrogens with one attached hydrogen (secondary N) is 2. The third kappa shape index (κ3) is 4.13. The molecule has 94 valence electrons. The van der Waals surface area contributed by atoms with Crippen LogP contribution in [0.2, 0.25) is 0 Å². The Bertz CT molecular complexity index is 381. The molecule has 0 radical (unpaired) electrons. The molecule has 2 N–H and O–H groups in total. The number of carbonyl (C=O) groups is 1. The molecular weight excluding hydrogens is 280 g/mol. The van der Waals surface area contributed by atoms with Crippen LogP contribution in [0, 0.1) is 0 Å². The third-order valence-corrected chi connectivity index (χ3v) is 3.34. The summed E-state index contributed by atoms with van der Waals surface area (Å²) in [5.41, 5.74) is 1.16. The number of halogens is 1. The largest absolute Gasteiger partial charge is 0.355 e. The molecule has 0 spiro atoms. The van der Waals surface area contributed by atoms with Crippen LogP contribution >= 0.6 is 15.9 Å². The fourth-order valence-corrected chi connectivity index (χ4v) is 2.32. The molecule has 1 rings (SSSR count). The average Bonchev–Trinajstić information content (AvgIpc) is 2.29. The second-order valence-corrected chi connectivity index (χ2v) is 4.88. The van der Waals surface area contributed by atoms with Crippen LogP contribution in [0.3, 0.4) is 0 Å². The van der Waals surface area contributed by atoms with Gasteiger partial charge in [0.2, 0.25) is 5.91 Å². The summed E-state index contributed by atoms with van der Waals surface area (Å²) in [5.74, 6) is 0.0337. The molecule has 2 atom stereocenters. The molecule has 0 aliphatic rings. The zero-order valence-corrected chi connectivity index (χ0v) is 12.0. The maximum atomic E-state index is 11.6. The van der Waals surface area contributed by atoms with Crippen LogP contribution in [0.5, 0.6) is 0 Å². The molecule has 0 saturated heterocycles. The van der Waals surface area contributed by atoms with Crippen LogP contribution in [0.15, 0.2) is 28.7 Å². The standard InChI is InChI=1S/C13H19BrN2O/c1-4-15-13(17)10(3)16-9(2)11-7-5-6-8-12(11)14/h5-10,16H,4H2,1-3H3,(H,15,17). The SMILES string of the molecule is CCNC(=O)C(C)NC(C)c1ccccc1Br. The third-order valence-electron chi connectivity index (χ3n) is 2.62. The van der Waals surface area contributed by atoms with Crippen molar-refractivity contribution >= 4 is 21.8 Å². The molecule has 3 nitrogen and oxygen atoms in total. The van der Waals surface area contributed by atoms with Crippen molar-refractivity contribution in [1.82, 2.24) is 10.6 Å². The number of amides is 1. The molecule has 0 bridgehead atoms. The van der Waals surface area contributed by atoms with Crippen LogP contribution < -0.4 is 10.6 Å². The van der Waals surface area contributed by atoms with E-state index in [2.05, 4.69) is 33.5 Å².